The van der Waals surface area contributed by atoms with Gasteiger partial charge in [-0.15, -0.1) is 0 Å². The minimum absolute atomic E-state index is 0.203. The van der Waals surface area contributed by atoms with E-state index < -0.39 is 0 Å². The number of hydrogen-bond donors (Lipinski definition) is 1. The molecule has 1 aromatic carbocycles. The normalized spacial score (nSPS) is 22.1. The van der Waals surface area contributed by atoms with Gasteiger partial charge in [-0.3, -0.25) is 0 Å². The molecule has 2 nitrogen and oxygen atoms in total. The van der Waals surface area contributed by atoms with Crippen molar-refractivity contribution in [3.63, 3.8) is 0 Å². The molecule has 0 aromatic heterocycles. The molecule has 1 aliphatic rings. The molecule has 1 atom stereocenters. The van der Waals surface area contributed by atoms with Crippen molar-refractivity contribution in [2.75, 3.05) is 19.8 Å². The lowest BCUT2D eigenvalue weighted by Crippen LogP contribution is -2.39. The largest absolute Gasteiger partial charge is 0.378 e. The predicted molar refractivity (Wildman–Crippen MR) is 58.0 cm³/mol. The third kappa shape index (κ3) is 3.15. The predicted octanol–water partition coefficient (Wildman–Crippen LogP) is 1.83. The number of rotatable bonds is 2. The molecule has 1 N–H and O–H groups in total. The third-order valence-corrected chi connectivity index (χ3v) is 2.34. The first-order chi connectivity index (χ1) is 7.34. The van der Waals surface area contributed by atoms with Gasteiger partial charge in [0.05, 0.1) is 13.2 Å². The van der Waals surface area contributed by atoms with Crippen LogP contribution in [0.15, 0.2) is 30.3 Å². The molecule has 1 aliphatic heterocycles. The number of halogens is 1. The summed E-state index contributed by atoms with van der Waals surface area (Å²) in [5.41, 5.74) is 1.00. The van der Waals surface area contributed by atoms with Gasteiger partial charge in [0.1, 0.15) is 5.82 Å². The van der Waals surface area contributed by atoms with Gasteiger partial charge in [0, 0.05) is 12.6 Å². The Morgan fingerprint density at radius 1 is 1.33 bits per heavy atom. The van der Waals surface area contributed by atoms with E-state index in [1.807, 2.05) is 12.2 Å². The molecule has 2 rings (SSSR count). The SMILES string of the molecule is Fc1ccc(/C=C/C2COCCN2)cc1. The molecule has 80 valence electrons. The van der Waals surface area contributed by atoms with E-state index in [1.54, 1.807) is 12.1 Å². The summed E-state index contributed by atoms with van der Waals surface area (Å²) >= 11 is 0. The zero-order chi connectivity index (χ0) is 10.5. The van der Waals surface area contributed by atoms with Crippen LogP contribution in [0, 0.1) is 5.82 Å². The van der Waals surface area contributed by atoms with Crippen molar-refractivity contribution in [2.45, 2.75) is 6.04 Å². The molecule has 0 amide bonds. The Balaban J connectivity index is 1.95. The molecule has 1 heterocycles. The fourth-order valence-electron chi connectivity index (χ4n) is 1.51. The summed E-state index contributed by atoms with van der Waals surface area (Å²) in [6.07, 6.45) is 4.03. The Hall–Kier alpha value is -1.19. The molecular weight excluding hydrogens is 193 g/mol. The minimum atomic E-state index is -0.203. The first kappa shape index (κ1) is 10.3. The molecule has 1 aromatic rings. The Labute approximate surface area is 88.8 Å². The van der Waals surface area contributed by atoms with E-state index in [0.717, 1.165) is 18.7 Å². The molecule has 0 aliphatic carbocycles. The second-order valence-electron chi connectivity index (χ2n) is 3.55. The van der Waals surface area contributed by atoms with Crippen LogP contribution in [0.3, 0.4) is 0 Å². The van der Waals surface area contributed by atoms with Gasteiger partial charge in [0.15, 0.2) is 0 Å². The summed E-state index contributed by atoms with van der Waals surface area (Å²) in [4.78, 5) is 0. The van der Waals surface area contributed by atoms with Crippen molar-refractivity contribution >= 4 is 6.08 Å². The summed E-state index contributed by atoms with van der Waals surface area (Å²) in [6.45, 7) is 2.37. The van der Waals surface area contributed by atoms with E-state index in [-0.39, 0.29) is 11.9 Å². The van der Waals surface area contributed by atoms with Crippen LogP contribution in [0.1, 0.15) is 5.56 Å². The van der Waals surface area contributed by atoms with E-state index in [4.69, 9.17) is 4.74 Å². The maximum Gasteiger partial charge on any atom is 0.123 e. The van der Waals surface area contributed by atoms with Crippen molar-refractivity contribution in [3.05, 3.63) is 41.7 Å². The van der Waals surface area contributed by atoms with Crippen LogP contribution in [-0.4, -0.2) is 25.8 Å². The standard InChI is InChI=1S/C12H14FNO/c13-11-4-1-10(2-5-11)3-6-12-9-15-8-7-14-12/h1-6,12,14H,7-9H2/b6-3+. The molecule has 1 saturated heterocycles. The number of benzene rings is 1. The fraction of sp³-hybridized carbons (Fsp3) is 0.333. The van der Waals surface area contributed by atoms with Gasteiger partial charge < -0.3 is 10.1 Å². The molecule has 0 spiro atoms. The average molecular weight is 207 g/mol. The Morgan fingerprint density at radius 3 is 2.80 bits per heavy atom. The van der Waals surface area contributed by atoms with Crippen molar-refractivity contribution in [3.8, 4) is 0 Å². The Morgan fingerprint density at radius 2 is 2.13 bits per heavy atom. The van der Waals surface area contributed by atoms with Gasteiger partial charge in [-0.2, -0.15) is 0 Å². The third-order valence-electron chi connectivity index (χ3n) is 2.34. The van der Waals surface area contributed by atoms with E-state index >= 15 is 0 Å². The molecule has 0 bridgehead atoms. The monoisotopic (exact) mass is 207 g/mol. The molecular formula is C12H14FNO. The van der Waals surface area contributed by atoms with Crippen LogP contribution < -0.4 is 5.32 Å². The van der Waals surface area contributed by atoms with Crippen molar-refractivity contribution in [2.24, 2.45) is 0 Å². The molecule has 0 radical (unpaired) electrons. The van der Waals surface area contributed by atoms with Crippen LogP contribution in [-0.2, 0) is 4.74 Å². The number of morpholine rings is 1. The summed E-state index contributed by atoms with van der Waals surface area (Å²) in [7, 11) is 0. The number of nitrogens with one attached hydrogen (secondary N) is 1. The summed E-state index contributed by atoms with van der Waals surface area (Å²) < 4.78 is 17.9. The minimum Gasteiger partial charge on any atom is -0.378 e. The smallest absolute Gasteiger partial charge is 0.123 e. The highest BCUT2D eigenvalue weighted by Gasteiger charge is 2.08. The highest BCUT2D eigenvalue weighted by Crippen LogP contribution is 2.06. The molecule has 0 saturated carbocycles. The first-order valence-electron chi connectivity index (χ1n) is 5.09. The second-order valence-corrected chi connectivity index (χ2v) is 3.55. The highest BCUT2D eigenvalue weighted by atomic mass is 19.1. The van der Waals surface area contributed by atoms with Gasteiger partial charge in [-0.25, -0.2) is 4.39 Å². The van der Waals surface area contributed by atoms with Crippen LogP contribution >= 0.6 is 0 Å². The van der Waals surface area contributed by atoms with Gasteiger partial charge in [-0.05, 0) is 17.7 Å². The maximum atomic E-state index is 12.6. The lowest BCUT2D eigenvalue weighted by molar-refractivity contribution is 0.0903. The van der Waals surface area contributed by atoms with Crippen LogP contribution in [0.5, 0.6) is 0 Å². The van der Waals surface area contributed by atoms with E-state index in [0.29, 0.717) is 6.61 Å². The highest BCUT2D eigenvalue weighted by molar-refractivity contribution is 5.49. The van der Waals surface area contributed by atoms with E-state index in [1.165, 1.54) is 12.1 Å². The zero-order valence-corrected chi connectivity index (χ0v) is 8.45. The first-order valence-corrected chi connectivity index (χ1v) is 5.09. The lowest BCUT2D eigenvalue weighted by Gasteiger charge is -2.20. The van der Waals surface area contributed by atoms with Crippen LogP contribution in [0.4, 0.5) is 4.39 Å². The fourth-order valence-corrected chi connectivity index (χ4v) is 1.51. The molecule has 1 fully saturated rings. The topological polar surface area (TPSA) is 21.3 Å². The van der Waals surface area contributed by atoms with E-state index in [9.17, 15) is 4.39 Å². The summed E-state index contributed by atoms with van der Waals surface area (Å²) in [5.74, 6) is -0.203. The van der Waals surface area contributed by atoms with Crippen molar-refractivity contribution in [1.29, 1.82) is 0 Å². The number of ether oxygens (including phenoxy) is 1. The van der Waals surface area contributed by atoms with Crippen molar-refractivity contribution < 1.29 is 9.13 Å². The summed E-state index contributed by atoms with van der Waals surface area (Å²) in [6, 6.07) is 6.71. The zero-order valence-electron chi connectivity index (χ0n) is 8.45. The molecule has 3 heteroatoms. The number of hydrogen-bond acceptors (Lipinski definition) is 2. The van der Waals surface area contributed by atoms with Crippen LogP contribution in [0.2, 0.25) is 0 Å². The molecule has 15 heavy (non-hydrogen) atoms. The molecule has 1 unspecified atom stereocenters. The lowest BCUT2D eigenvalue weighted by atomic mass is 10.1. The Bertz CT molecular complexity index is 328. The maximum absolute atomic E-state index is 12.6. The second kappa shape index (κ2) is 5.05. The van der Waals surface area contributed by atoms with E-state index in [2.05, 4.69) is 5.32 Å². The van der Waals surface area contributed by atoms with Gasteiger partial charge >= 0.3 is 0 Å². The average Bonchev–Trinajstić information content (AvgIpc) is 2.30. The van der Waals surface area contributed by atoms with Crippen LogP contribution in [0.25, 0.3) is 6.08 Å². The van der Waals surface area contributed by atoms with Gasteiger partial charge in [-0.1, -0.05) is 24.3 Å². The quantitative estimate of drug-likeness (QED) is 0.798. The van der Waals surface area contributed by atoms with Gasteiger partial charge in [0.25, 0.3) is 0 Å². The van der Waals surface area contributed by atoms with Crippen molar-refractivity contribution in [1.82, 2.24) is 5.32 Å². The summed E-state index contributed by atoms with van der Waals surface area (Å²) in [5, 5.41) is 3.31. The van der Waals surface area contributed by atoms with Gasteiger partial charge in [0.2, 0.25) is 0 Å². The Kier molecular flexibility index (Phi) is 3.48.